The number of halogens is 1. The van der Waals surface area contributed by atoms with Crippen molar-refractivity contribution >= 4 is 21.6 Å². The number of sulfonamides is 1. The van der Waals surface area contributed by atoms with Crippen LogP contribution in [0.5, 0.6) is 0 Å². The van der Waals surface area contributed by atoms with Crippen molar-refractivity contribution in [3.8, 4) is 0 Å². The quantitative estimate of drug-likeness (QED) is 0.877. The lowest BCUT2D eigenvalue weighted by molar-refractivity contribution is 0.466. The molecule has 0 saturated carbocycles. The molecule has 0 aliphatic rings. The second kappa shape index (κ2) is 6.70. The van der Waals surface area contributed by atoms with Crippen LogP contribution in [-0.2, 0) is 10.0 Å². The first-order valence-electron chi connectivity index (χ1n) is 6.21. The van der Waals surface area contributed by atoms with Gasteiger partial charge in [0.15, 0.2) is 0 Å². The Morgan fingerprint density at radius 2 is 2.00 bits per heavy atom. The molecule has 1 aromatic rings. The van der Waals surface area contributed by atoms with Crippen molar-refractivity contribution in [1.29, 1.82) is 0 Å². The van der Waals surface area contributed by atoms with Gasteiger partial charge in [-0.2, -0.15) is 4.31 Å². The molecule has 0 fully saturated rings. The average molecular weight is 305 g/mol. The van der Waals surface area contributed by atoms with Crippen LogP contribution in [0.15, 0.2) is 23.1 Å². The van der Waals surface area contributed by atoms with Gasteiger partial charge >= 0.3 is 0 Å². The van der Waals surface area contributed by atoms with E-state index >= 15 is 0 Å². The van der Waals surface area contributed by atoms with Crippen molar-refractivity contribution < 1.29 is 8.42 Å². The highest BCUT2D eigenvalue weighted by atomic mass is 35.5. The van der Waals surface area contributed by atoms with Gasteiger partial charge in [-0.05, 0) is 30.7 Å². The SMILES string of the molecule is CNCCN(C)S(=O)(=O)c1cc(C(C)C)ccc1Cl. The predicted molar refractivity (Wildman–Crippen MR) is 79.3 cm³/mol. The highest BCUT2D eigenvalue weighted by Crippen LogP contribution is 2.27. The number of hydrogen-bond donors (Lipinski definition) is 1. The molecule has 0 aliphatic heterocycles. The van der Waals surface area contributed by atoms with Crippen LogP contribution >= 0.6 is 11.6 Å². The lowest BCUT2D eigenvalue weighted by Crippen LogP contribution is -2.33. The van der Waals surface area contributed by atoms with Gasteiger partial charge in [0, 0.05) is 20.1 Å². The van der Waals surface area contributed by atoms with Crippen molar-refractivity contribution in [1.82, 2.24) is 9.62 Å². The van der Waals surface area contributed by atoms with Crippen molar-refractivity contribution in [2.24, 2.45) is 0 Å². The van der Waals surface area contributed by atoms with Gasteiger partial charge < -0.3 is 5.32 Å². The minimum absolute atomic E-state index is 0.180. The Balaban J connectivity index is 3.16. The lowest BCUT2D eigenvalue weighted by atomic mass is 10.0. The summed E-state index contributed by atoms with van der Waals surface area (Å²) in [5.41, 5.74) is 0.963. The topological polar surface area (TPSA) is 49.4 Å². The second-order valence-electron chi connectivity index (χ2n) is 4.77. The molecule has 6 heteroatoms. The zero-order valence-electron chi connectivity index (χ0n) is 11.8. The number of benzene rings is 1. The van der Waals surface area contributed by atoms with Gasteiger partial charge in [0.1, 0.15) is 4.90 Å². The number of nitrogens with zero attached hydrogens (tertiary/aromatic N) is 1. The third-order valence-electron chi connectivity index (χ3n) is 2.99. The van der Waals surface area contributed by atoms with E-state index in [1.165, 1.54) is 4.31 Å². The molecule has 1 rings (SSSR count). The van der Waals surface area contributed by atoms with Crippen LogP contribution in [-0.4, -0.2) is 39.9 Å². The summed E-state index contributed by atoms with van der Waals surface area (Å²) in [6, 6.07) is 5.17. The summed E-state index contributed by atoms with van der Waals surface area (Å²) in [6.45, 7) is 5.03. The molecule has 19 heavy (non-hydrogen) atoms. The molecule has 0 unspecified atom stereocenters. The standard InChI is InChI=1S/C13H21ClN2O2S/c1-10(2)11-5-6-12(14)13(9-11)19(17,18)16(4)8-7-15-3/h5-6,9-10,15H,7-8H2,1-4H3. The normalized spacial score (nSPS) is 12.4. The lowest BCUT2D eigenvalue weighted by Gasteiger charge is -2.19. The molecular formula is C13H21ClN2O2S. The summed E-state index contributed by atoms with van der Waals surface area (Å²) in [5, 5.41) is 3.19. The summed E-state index contributed by atoms with van der Waals surface area (Å²) in [6.07, 6.45) is 0. The Hall–Kier alpha value is -0.620. The molecule has 0 saturated heterocycles. The van der Waals surface area contributed by atoms with E-state index in [0.717, 1.165) is 5.56 Å². The fourth-order valence-corrected chi connectivity index (χ4v) is 3.31. The first-order valence-corrected chi connectivity index (χ1v) is 8.03. The van der Waals surface area contributed by atoms with E-state index in [1.807, 2.05) is 19.9 Å². The van der Waals surface area contributed by atoms with Crippen molar-refractivity contribution in [2.75, 3.05) is 27.2 Å². The maximum atomic E-state index is 12.4. The molecule has 0 heterocycles. The molecule has 0 aliphatic carbocycles. The van der Waals surface area contributed by atoms with Crippen LogP contribution in [0.1, 0.15) is 25.3 Å². The van der Waals surface area contributed by atoms with E-state index < -0.39 is 10.0 Å². The third-order valence-corrected chi connectivity index (χ3v) is 5.33. The summed E-state index contributed by atoms with van der Waals surface area (Å²) >= 11 is 6.04. The maximum absolute atomic E-state index is 12.4. The molecule has 0 aromatic heterocycles. The van der Waals surface area contributed by atoms with Gasteiger partial charge in [0.25, 0.3) is 0 Å². The second-order valence-corrected chi connectivity index (χ2v) is 7.20. The van der Waals surface area contributed by atoms with Crippen molar-refractivity contribution in [2.45, 2.75) is 24.7 Å². The van der Waals surface area contributed by atoms with Gasteiger partial charge in [-0.15, -0.1) is 0 Å². The Morgan fingerprint density at radius 1 is 1.37 bits per heavy atom. The molecule has 0 atom stereocenters. The van der Waals surface area contributed by atoms with Crippen LogP contribution in [0.4, 0.5) is 0 Å². The van der Waals surface area contributed by atoms with Crippen molar-refractivity contribution in [3.05, 3.63) is 28.8 Å². The average Bonchev–Trinajstić information content (AvgIpc) is 2.35. The molecule has 0 radical (unpaired) electrons. The largest absolute Gasteiger partial charge is 0.318 e. The third kappa shape index (κ3) is 3.92. The Morgan fingerprint density at radius 3 is 2.53 bits per heavy atom. The molecule has 0 amide bonds. The monoisotopic (exact) mass is 304 g/mol. The minimum Gasteiger partial charge on any atom is -0.318 e. The van der Waals surface area contributed by atoms with E-state index in [9.17, 15) is 8.42 Å². The van der Waals surface area contributed by atoms with Gasteiger partial charge in [-0.25, -0.2) is 8.42 Å². The first kappa shape index (κ1) is 16.4. The molecule has 4 nitrogen and oxygen atoms in total. The van der Waals surface area contributed by atoms with E-state index in [2.05, 4.69) is 5.32 Å². The molecule has 0 spiro atoms. The first-order chi connectivity index (χ1) is 8.80. The summed E-state index contributed by atoms with van der Waals surface area (Å²) in [5.74, 6) is 0.258. The number of hydrogen-bond acceptors (Lipinski definition) is 3. The molecular weight excluding hydrogens is 284 g/mol. The highest BCUT2D eigenvalue weighted by molar-refractivity contribution is 7.89. The minimum atomic E-state index is -3.54. The fraction of sp³-hybridized carbons (Fsp3) is 0.538. The summed E-state index contributed by atoms with van der Waals surface area (Å²) < 4.78 is 26.2. The van der Waals surface area contributed by atoms with Crippen LogP contribution < -0.4 is 5.32 Å². The summed E-state index contributed by atoms with van der Waals surface area (Å²) in [4.78, 5) is 0.180. The van der Waals surface area contributed by atoms with E-state index in [1.54, 1.807) is 26.2 Å². The van der Waals surface area contributed by atoms with Crippen LogP contribution in [0.25, 0.3) is 0 Å². The molecule has 1 N–H and O–H groups in total. The predicted octanol–water partition coefficient (Wildman–Crippen LogP) is 2.30. The number of rotatable bonds is 6. The van der Waals surface area contributed by atoms with E-state index in [0.29, 0.717) is 13.1 Å². The van der Waals surface area contributed by atoms with Gasteiger partial charge in [0.05, 0.1) is 5.02 Å². The number of likely N-dealkylation sites (N-methyl/N-ethyl adjacent to an activating group) is 2. The molecule has 0 bridgehead atoms. The van der Waals surface area contributed by atoms with Crippen molar-refractivity contribution in [3.63, 3.8) is 0 Å². The Kier molecular flexibility index (Phi) is 5.80. The summed E-state index contributed by atoms with van der Waals surface area (Å²) in [7, 11) is -0.191. The van der Waals surface area contributed by atoms with Crippen LogP contribution in [0.3, 0.4) is 0 Å². The highest BCUT2D eigenvalue weighted by Gasteiger charge is 2.23. The van der Waals surface area contributed by atoms with Gasteiger partial charge in [-0.1, -0.05) is 31.5 Å². The Bertz CT molecular complexity index is 529. The van der Waals surface area contributed by atoms with Gasteiger partial charge in [0.2, 0.25) is 10.0 Å². The smallest absolute Gasteiger partial charge is 0.244 e. The number of nitrogens with one attached hydrogen (secondary N) is 1. The zero-order chi connectivity index (χ0) is 14.6. The van der Waals surface area contributed by atoms with E-state index in [4.69, 9.17) is 11.6 Å². The molecule has 108 valence electrons. The maximum Gasteiger partial charge on any atom is 0.244 e. The van der Waals surface area contributed by atoms with Crippen LogP contribution in [0, 0.1) is 0 Å². The Labute approximate surface area is 120 Å². The zero-order valence-corrected chi connectivity index (χ0v) is 13.3. The van der Waals surface area contributed by atoms with E-state index in [-0.39, 0.29) is 15.8 Å². The molecule has 1 aromatic carbocycles. The fourth-order valence-electron chi connectivity index (χ4n) is 1.63. The van der Waals surface area contributed by atoms with Crippen LogP contribution in [0.2, 0.25) is 5.02 Å². The van der Waals surface area contributed by atoms with Gasteiger partial charge in [-0.3, -0.25) is 0 Å².